The van der Waals surface area contributed by atoms with Crippen molar-refractivity contribution in [3.05, 3.63) is 47.0 Å². The van der Waals surface area contributed by atoms with Crippen LogP contribution in [0.4, 0.5) is 5.69 Å². The molecule has 22 heavy (non-hydrogen) atoms. The van der Waals surface area contributed by atoms with Gasteiger partial charge in [-0.1, -0.05) is 32.5 Å². The molecule has 0 aliphatic heterocycles. The SMILES string of the molecule is COc1ccc(Sc2c(C)cc(N)cc2C)cc1C(C)(C)C. The van der Waals surface area contributed by atoms with Gasteiger partial charge in [-0.05, 0) is 60.7 Å². The van der Waals surface area contributed by atoms with Gasteiger partial charge in [0.1, 0.15) is 5.75 Å². The van der Waals surface area contributed by atoms with Crippen LogP contribution in [-0.2, 0) is 5.41 Å². The minimum Gasteiger partial charge on any atom is -0.496 e. The van der Waals surface area contributed by atoms with Crippen molar-refractivity contribution in [1.82, 2.24) is 0 Å². The number of rotatable bonds is 3. The van der Waals surface area contributed by atoms with Crippen molar-refractivity contribution in [1.29, 1.82) is 0 Å². The maximum absolute atomic E-state index is 5.92. The number of methoxy groups -OCH3 is 1. The molecule has 0 spiro atoms. The number of aryl methyl sites for hydroxylation is 2. The zero-order valence-corrected chi connectivity index (χ0v) is 15.1. The Hall–Kier alpha value is -1.61. The van der Waals surface area contributed by atoms with E-state index in [-0.39, 0.29) is 5.41 Å². The van der Waals surface area contributed by atoms with Crippen LogP contribution < -0.4 is 10.5 Å². The molecule has 118 valence electrons. The Kier molecular flexibility index (Phi) is 4.76. The summed E-state index contributed by atoms with van der Waals surface area (Å²) >= 11 is 1.79. The van der Waals surface area contributed by atoms with Gasteiger partial charge in [-0.25, -0.2) is 0 Å². The van der Waals surface area contributed by atoms with Crippen molar-refractivity contribution in [2.45, 2.75) is 49.8 Å². The summed E-state index contributed by atoms with van der Waals surface area (Å²) in [5.41, 5.74) is 10.5. The molecule has 2 rings (SSSR count). The Morgan fingerprint density at radius 2 is 1.59 bits per heavy atom. The fourth-order valence-corrected chi connectivity index (χ4v) is 3.59. The van der Waals surface area contributed by atoms with Gasteiger partial charge in [-0.2, -0.15) is 0 Å². The molecule has 0 heterocycles. The van der Waals surface area contributed by atoms with E-state index in [9.17, 15) is 0 Å². The molecule has 2 aromatic carbocycles. The van der Waals surface area contributed by atoms with Crippen molar-refractivity contribution in [2.75, 3.05) is 12.8 Å². The molecule has 3 heteroatoms. The lowest BCUT2D eigenvalue weighted by Crippen LogP contribution is -2.12. The van der Waals surface area contributed by atoms with E-state index in [2.05, 4.69) is 52.8 Å². The predicted molar refractivity (Wildman–Crippen MR) is 96.1 cm³/mol. The summed E-state index contributed by atoms with van der Waals surface area (Å²) in [5.74, 6) is 0.947. The largest absolute Gasteiger partial charge is 0.496 e. The first-order valence-electron chi connectivity index (χ1n) is 7.45. The van der Waals surface area contributed by atoms with Crippen LogP contribution in [0.15, 0.2) is 40.1 Å². The third-order valence-electron chi connectivity index (χ3n) is 3.68. The van der Waals surface area contributed by atoms with Crippen LogP contribution in [0.1, 0.15) is 37.5 Å². The van der Waals surface area contributed by atoms with E-state index >= 15 is 0 Å². The van der Waals surface area contributed by atoms with Gasteiger partial charge < -0.3 is 10.5 Å². The van der Waals surface area contributed by atoms with Gasteiger partial charge in [-0.15, -0.1) is 0 Å². The molecule has 0 fully saturated rings. The molecule has 0 unspecified atom stereocenters. The lowest BCUT2D eigenvalue weighted by atomic mass is 9.86. The van der Waals surface area contributed by atoms with E-state index in [0.717, 1.165) is 11.4 Å². The normalized spacial score (nSPS) is 11.5. The highest BCUT2D eigenvalue weighted by atomic mass is 32.2. The van der Waals surface area contributed by atoms with Crippen molar-refractivity contribution in [3.8, 4) is 5.75 Å². The summed E-state index contributed by atoms with van der Waals surface area (Å²) in [6.07, 6.45) is 0. The summed E-state index contributed by atoms with van der Waals surface area (Å²) in [5, 5.41) is 0. The first kappa shape index (κ1) is 16.8. The van der Waals surface area contributed by atoms with Crippen LogP contribution >= 0.6 is 11.8 Å². The molecule has 0 saturated heterocycles. The molecule has 0 aromatic heterocycles. The Morgan fingerprint density at radius 1 is 1.00 bits per heavy atom. The lowest BCUT2D eigenvalue weighted by molar-refractivity contribution is 0.397. The van der Waals surface area contributed by atoms with Crippen molar-refractivity contribution < 1.29 is 4.74 Å². The van der Waals surface area contributed by atoms with Crippen molar-refractivity contribution >= 4 is 17.4 Å². The number of benzene rings is 2. The van der Waals surface area contributed by atoms with E-state index in [4.69, 9.17) is 10.5 Å². The number of ether oxygens (including phenoxy) is 1. The molecular formula is C19H25NOS. The average Bonchev–Trinajstić information content (AvgIpc) is 2.41. The highest BCUT2D eigenvalue weighted by molar-refractivity contribution is 7.99. The lowest BCUT2D eigenvalue weighted by Gasteiger charge is -2.23. The van der Waals surface area contributed by atoms with Gasteiger partial charge in [0.05, 0.1) is 7.11 Å². The topological polar surface area (TPSA) is 35.2 Å². The van der Waals surface area contributed by atoms with Crippen LogP contribution in [0.3, 0.4) is 0 Å². The number of hydrogen-bond donors (Lipinski definition) is 1. The molecule has 0 atom stereocenters. The Labute approximate surface area is 138 Å². The van der Waals surface area contributed by atoms with Gasteiger partial charge in [0, 0.05) is 21.0 Å². The van der Waals surface area contributed by atoms with Gasteiger partial charge >= 0.3 is 0 Å². The third-order valence-corrected chi connectivity index (χ3v) is 5.02. The van der Waals surface area contributed by atoms with Crippen LogP contribution in [-0.4, -0.2) is 7.11 Å². The Morgan fingerprint density at radius 3 is 2.09 bits per heavy atom. The van der Waals surface area contributed by atoms with Gasteiger partial charge in [0.2, 0.25) is 0 Å². The molecule has 0 amide bonds. The smallest absolute Gasteiger partial charge is 0.122 e. The number of hydrogen-bond acceptors (Lipinski definition) is 3. The summed E-state index contributed by atoms with van der Waals surface area (Å²) < 4.78 is 5.51. The van der Waals surface area contributed by atoms with Crippen LogP contribution in [0.2, 0.25) is 0 Å². The quantitative estimate of drug-likeness (QED) is 0.776. The minimum atomic E-state index is 0.0487. The molecule has 0 aliphatic carbocycles. The second kappa shape index (κ2) is 6.25. The molecule has 0 aliphatic rings. The monoisotopic (exact) mass is 315 g/mol. The fraction of sp³-hybridized carbons (Fsp3) is 0.368. The fourth-order valence-electron chi connectivity index (χ4n) is 2.60. The first-order valence-corrected chi connectivity index (χ1v) is 8.27. The summed E-state index contributed by atoms with van der Waals surface area (Å²) in [7, 11) is 1.73. The van der Waals surface area contributed by atoms with E-state index in [1.54, 1.807) is 18.9 Å². The Balaban J connectivity index is 2.43. The molecular weight excluding hydrogens is 290 g/mol. The second-order valence-electron chi connectivity index (χ2n) is 6.70. The van der Waals surface area contributed by atoms with E-state index in [1.165, 1.54) is 26.5 Å². The van der Waals surface area contributed by atoms with E-state index < -0.39 is 0 Å². The second-order valence-corrected chi connectivity index (χ2v) is 7.78. The molecule has 2 N–H and O–H groups in total. The molecule has 2 nitrogen and oxygen atoms in total. The Bertz CT molecular complexity index is 663. The summed E-state index contributed by atoms with van der Waals surface area (Å²) in [6.45, 7) is 10.8. The van der Waals surface area contributed by atoms with Crippen molar-refractivity contribution in [3.63, 3.8) is 0 Å². The van der Waals surface area contributed by atoms with E-state index in [1.807, 2.05) is 12.1 Å². The van der Waals surface area contributed by atoms with Crippen LogP contribution in [0.5, 0.6) is 5.75 Å². The minimum absolute atomic E-state index is 0.0487. The number of nitrogens with two attached hydrogens (primary N) is 1. The zero-order valence-electron chi connectivity index (χ0n) is 14.3. The van der Waals surface area contributed by atoms with E-state index in [0.29, 0.717) is 0 Å². The van der Waals surface area contributed by atoms with Crippen LogP contribution in [0.25, 0.3) is 0 Å². The number of nitrogen functional groups attached to an aromatic ring is 1. The van der Waals surface area contributed by atoms with Crippen molar-refractivity contribution in [2.24, 2.45) is 0 Å². The zero-order chi connectivity index (χ0) is 16.5. The predicted octanol–water partition coefficient (Wildman–Crippen LogP) is 5.34. The molecule has 0 bridgehead atoms. The standard InChI is InChI=1S/C19H25NOS/c1-12-9-14(20)10-13(2)18(12)22-15-7-8-17(21-6)16(11-15)19(3,4)5/h7-11H,20H2,1-6H3. The third kappa shape index (κ3) is 3.58. The molecule has 2 aromatic rings. The maximum atomic E-state index is 5.92. The van der Waals surface area contributed by atoms with Gasteiger partial charge in [0.25, 0.3) is 0 Å². The molecule has 0 saturated carbocycles. The van der Waals surface area contributed by atoms with Gasteiger partial charge in [-0.3, -0.25) is 0 Å². The first-order chi connectivity index (χ1) is 10.2. The summed E-state index contributed by atoms with van der Waals surface area (Å²) in [6, 6.07) is 10.5. The highest BCUT2D eigenvalue weighted by Crippen LogP contribution is 2.39. The maximum Gasteiger partial charge on any atom is 0.122 e. The highest BCUT2D eigenvalue weighted by Gasteiger charge is 2.19. The molecule has 0 radical (unpaired) electrons. The van der Waals surface area contributed by atoms with Gasteiger partial charge in [0.15, 0.2) is 0 Å². The number of anilines is 1. The summed E-state index contributed by atoms with van der Waals surface area (Å²) in [4.78, 5) is 2.50. The van der Waals surface area contributed by atoms with Crippen LogP contribution in [0, 0.1) is 13.8 Å². The average molecular weight is 315 g/mol.